The smallest absolute Gasteiger partial charge is 0.254 e. The lowest BCUT2D eigenvalue weighted by atomic mass is 10.0. The number of carbonyl (C=O) groups excluding carboxylic acids is 1. The van der Waals surface area contributed by atoms with E-state index in [-0.39, 0.29) is 5.91 Å². The number of carbonyl (C=O) groups is 1. The second-order valence-corrected chi connectivity index (χ2v) is 5.98. The summed E-state index contributed by atoms with van der Waals surface area (Å²) < 4.78 is 2.00. The molecule has 0 bridgehead atoms. The SMILES string of the molecule is CN(Cc1nc2ccccc2n1C)C(=O)C1(O)CCCC1. The zero-order valence-electron chi connectivity index (χ0n) is 12.5. The Bertz CT molecular complexity index is 671. The van der Waals surface area contributed by atoms with Gasteiger partial charge in [-0.15, -0.1) is 0 Å². The molecule has 21 heavy (non-hydrogen) atoms. The fourth-order valence-electron chi connectivity index (χ4n) is 3.15. The third-order valence-electron chi connectivity index (χ3n) is 4.43. The van der Waals surface area contributed by atoms with E-state index < -0.39 is 5.60 Å². The van der Waals surface area contributed by atoms with Gasteiger partial charge in [0.05, 0.1) is 17.6 Å². The van der Waals surface area contributed by atoms with Gasteiger partial charge in [-0.05, 0) is 37.8 Å². The molecule has 0 atom stereocenters. The van der Waals surface area contributed by atoms with Crippen LogP contribution in [0.3, 0.4) is 0 Å². The van der Waals surface area contributed by atoms with E-state index >= 15 is 0 Å². The number of rotatable bonds is 3. The average molecular weight is 287 g/mol. The van der Waals surface area contributed by atoms with Gasteiger partial charge in [0, 0.05) is 14.1 Å². The van der Waals surface area contributed by atoms with Crippen molar-refractivity contribution < 1.29 is 9.90 Å². The van der Waals surface area contributed by atoms with Crippen molar-refractivity contribution in [2.45, 2.75) is 37.8 Å². The molecule has 1 aliphatic rings. The topological polar surface area (TPSA) is 58.4 Å². The number of hydrogen-bond donors (Lipinski definition) is 1. The third-order valence-corrected chi connectivity index (χ3v) is 4.43. The predicted octanol–water partition coefficient (Wildman–Crippen LogP) is 1.84. The van der Waals surface area contributed by atoms with Gasteiger partial charge in [0.2, 0.25) is 0 Å². The molecule has 0 unspecified atom stereocenters. The molecule has 5 nitrogen and oxygen atoms in total. The van der Waals surface area contributed by atoms with E-state index in [0.717, 1.165) is 29.7 Å². The normalized spacial score (nSPS) is 17.3. The molecule has 0 aliphatic heterocycles. The number of likely N-dealkylation sites (N-methyl/N-ethyl adjacent to an activating group) is 1. The molecule has 5 heteroatoms. The minimum atomic E-state index is -1.17. The molecule has 1 amide bonds. The van der Waals surface area contributed by atoms with Gasteiger partial charge < -0.3 is 14.6 Å². The number of para-hydroxylation sites is 2. The highest BCUT2D eigenvalue weighted by Gasteiger charge is 2.40. The molecular formula is C16H21N3O2. The second-order valence-electron chi connectivity index (χ2n) is 5.98. The Balaban J connectivity index is 1.81. The summed E-state index contributed by atoms with van der Waals surface area (Å²) in [4.78, 5) is 18.6. The molecule has 1 aromatic heterocycles. The zero-order chi connectivity index (χ0) is 15.0. The quantitative estimate of drug-likeness (QED) is 0.937. The Kier molecular flexibility index (Phi) is 3.45. The standard InChI is InChI=1S/C16H21N3O2/c1-18(15(20)16(21)9-5-6-10-16)11-14-17-12-7-3-4-8-13(12)19(14)2/h3-4,7-8,21H,5-6,9-11H2,1-2H3. The van der Waals surface area contributed by atoms with Crippen molar-refractivity contribution in [3.63, 3.8) is 0 Å². The molecule has 1 N–H and O–H groups in total. The lowest BCUT2D eigenvalue weighted by Gasteiger charge is -2.27. The van der Waals surface area contributed by atoms with Crippen LogP contribution >= 0.6 is 0 Å². The molecule has 0 spiro atoms. The monoisotopic (exact) mass is 287 g/mol. The first-order valence-corrected chi connectivity index (χ1v) is 7.39. The van der Waals surface area contributed by atoms with Crippen molar-refractivity contribution in [1.29, 1.82) is 0 Å². The minimum Gasteiger partial charge on any atom is -0.380 e. The summed E-state index contributed by atoms with van der Waals surface area (Å²) >= 11 is 0. The van der Waals surface area contributed by atoms with E-state index in [1.807, 2.05) is 35.9 Å². The number of nitrogens with zero attached hydrogens (tertiary/aromatic N) is 3. The lowest BCUT2D eigenvalue weighted by Crippen LogP contribution is -2.45. The van der Waals surface area contributed by atoms with E-state index in [4.69, 9.17) is 0 Å². The van der Waals surface area contributed by atoms with Crippen LogP contribution in [0.2, 0.25) is 0 Å². The summed E-state index contributed by atoms with van der Waals surface area (Å²) in [6.07, 6.45) is 2.97. The summed E-state index contributed by atoms with van der Waals surface area (Å²) in [5.41, 5.74) is 0.808. The van der Waals surface area contributed by atoms with Gasteiger partial charge in [-0.2, -0.15) is 0 Å². The van der Waals surface area contributed by atoms with Gasteiger partial charge in [0.15, 0.2) is 0 Å². The maximum Gasteiger partial charge on any atom is 0.254 e. The molecule has 1 saturated carbocycles. The summed E-state index contributed by atoms with van der Waals surface area (Å²) in [7, 11) is 3.69. The number of aliphatic hydroxyl groups is 1. The number of imidazole rings is 1. The fourth-order valence-corrected chi connectivity index (χ4v) is 3.15. The molecule has 0 radical (unpaired) electrons. The van der Waals surface area contributed by atoms with Crippen LogP contribution in [0.1, 0.15) is 31.5 Å². The maximum absolute atomic E-state index is 12.4. The fraction of sp³-hybridized carbons (Fsp3) is 0.500. The van der Waals surface area contributed by atoms with E-state index in [9.17, 15) is 9.90 Å². The first-order valence-electron chi connectivity index (χ1n) is 7.39. The van der Waals surface area contributed by atoms with Gasteiger partial charge in [-0.3, -0.25) is 4.79 Å². The van der Waals surface area contributed by atoms with Gasteiger partial charge in [-0.25, -0.2) is 4.98 Å². The molecule has 1 aromatic carbocycles. The number of hydrogen-bond acceptors (Lipinski definition) is 3. The highest BCUT2D eigenvalue weighted by Crippen LogP contribution is 2.31. The van der Waals surface area contributed by atoms with Crippen LogP contribution in [0, 0.1) is 0 Å². The van der Waals surface area contributed by atoms with Crippen molar-refractivity contribution >= 4 is 16.9 Å². The van der Waals surface area contributed by atoms with E-state index in [2.05, 4.69) is 4.98 Å². The van der Waals surface area contributed by atoms with Gasteiger partial charge in [0.1, 0.15) is 11.4 Å². The van der Waals surface area contributed by atoms with E-state index in [1.54, 1.807) is 11.9 Å². The van der Waals surface area contributed by atoms with Crippen molar-refractivity contribution in [2.24, 2.45) is 7.05 Å². The highest BCUT2D eigenvalue weighted by molar-refractivity contribution is 5.85. The van der Waals surface area contributed by atoms with Crippen molar-refractivity contribution in [3.8, 4) is 0 Å². The molecule has 1 heterocycles. The van der Waals surface area contributed by atoms with Crippen LogP contribution in [0.5, 0.6) is 0 Å². The van der Waals surface area contributed by atoms with Crippen molar-refractivity contribution in [1.82, 2.24) is 14.5 Å². The average Bonchev–Trinajstić information content (AvgIpc) is 3.05. The third kappa shape index (κ3) is 2.42. The minimum absolute atomic E-state index is 0.188. The Labute approximate surface area is 124 Å². The number of benzene rings is 1. The van der Waals surface area contributed by atoms with Crippen molar-refractivity contribution in [2.75, 3.05) is 7.05 Å². The van der Waals surface area contributed by atoms with Crippen LogP contribution in [-0.2, 0) is 18.4 Å². The van der Waals surface area contributed by atoms with Crippen LogP contribution in [0.25, 0.3) is 11.0 Å². The zero-order valence-corrected chi connectivity index (χ0v) is 12.5. The molecule has 3 rings (SSSR count). The van der Waals surface area contributed by atoms with Crippen LogP contribution < -0.4 is 0 Å². The van der Waals surface area contributed by atoms with Gasteiger partial charge in [-0.1, -0.05) is 12.1 Å². The molecule has 0 saturated heterocycles. The Hall–Kier alpha value is -1.88. The maximum atomic E-state index is 12.4. The molecular weight excluding hydrogens is 266 g/mol. The Morgan fingerprint density at radius 2 is 2.05 bits per heavy atom. The largest absolute Gasteiger partial charge is 0.380 e. The summed E-state index contributed by atoms with van der Waals surface area (Å²) in [6.45, 7) is 0.409. The molecule has 1 aliphatic carbocycles. The molecule has 1 fully saturated rings. The summed E-state index contributed by atoms with van der Waals surface area (Å²) in [5, 5.41) is 10.4. The predicted molar refractivity (Wildman–Crippen MR) is 80.6 cm³/mol. The number of fused-ring (bicyclic) bond motifs is 1. The first kappa shape index (κ1) is 14.1. The van der Waals surface area contributed by atoms with E-state index in [1.165, 1.54) is 0 Å². The number of amides is 1. The van der Waals surface area contributed by atoms with Crippen molar-refractivity contribution in [3.05, 3.63) is 30.1 Å². The molecule has 2 aromatic rings. The summed E-state index contributed by atoms with van der Waals surface area (Å²) in [6, 6.07) is 7.91. The lowest BCUT2D eigenvalue weighted by molar-refractivity contribution is -0.149. The van der Waals surface area contributed by atoms with Crippen LogP contribution in [-0.4, -0.2) is 38.1 Å². The summed E-state index contributed by atoms with van der Waals surface area (Å²) in [5.74, 6) is 0.640. The number of aromatic nitrogens is 2. The second kappa shape index (κ2) is 5.15. The van der Waals surface area contributed by atoms with Crippen LogP contribution in [0.4, 0.5) is 0 Å². The highest BCUT2D eigenvalue weighted by atomic mass is 16.3. The van der Waals surface area contributed by atoms with Gasteiger partial charge >= 0.3 is 0 Å². The first-order chi connectivity index (χ1) is 10.0. The Morgan fingerprint density at radius 3 is 2.71 bits per heavy atom. The van der Waals surface area contributed by atoms with Gasteiger partial charge in [0.25, 0.3) is 5.91 Å². The van der Waals surface area contributed by atoms with Crippen LogP contribution in [0.15, 0.2) is 24.3 Å². The Morgan fingerprint density at radius 1 is 1.38 bits per heavy atom. The number of aryl methyl sites for hydroxylation is 1. The van der Waals surface area contributed by atoms with E-state index in [0.29, 0.717) is 19.4 Å². The molecule has 112 valence electrons.